The van der Waals surface area contributed by atoms with E-state index in [4.69, 9.17) is 10.1 Å². The molecular weight excluding hydrogens is 485 g/mol. The average Bonchev–Trinajstić information content (AvgIpc) is 3.25. The van der Waals surface area contributed by atoms with Gasteiger partial charge in [0.2, 0.25) is 0 Å². The van der Waals surface area contributed by atoms with Crippen LogP contribution in [0.15, 0.2) is 18.5 Å². The fraction of sp³-hybridized carbons (Fsp3) is 0.630. The van der Waals surface area contributed by atoms with Crippen LogP contribution in [0.3, 0.4) is 0 Å². The van der Waals surface area contributed by atoms with Crippen LogP contribution in [-0.2, 0) is 6.54 Å². The molecule has 204 valence electrons. The van der Waals surface area contributed by atoms with E-state index in [0.717, 1.165) is 62.0 Å². The SMILES string of the molecule is C[C@@H]1CCN(C(=O)Nc2cn[nH]c2-c2cc3c(cn2)c(N2CC(N(C)C)C2)nn3CC(C)(C)F)C2(CC2)C1. The zero-order valence-corrected chi connectivity index (χ0v) is 23.0. The van der Waals surface area contributed by atoms with Crippen LogP contribution in [0, 0.1) is 5.92 Å². The molecule has 0 unspecified atom stereocenters. The highest BCUT2D eigenvalue weighted by Gasteiger charge is 2.52. The molecule has 3 aromatic rings. The number of pyridine rings is 1. The number of anilines is 2. The molecule has 2 saturated heterocycles. The molecule has 10 nitrogen and oxygen atoms in total. The quantitative estimate of drug-likeness (QED) is 0.505. The lowest BCUT2D eigenvalue weighted by Gasteiger charge is -2.43. The van der Waals surface area contributed by atoms with Gasteiger partial charge in [-0.3, -0.25) is 14.8 Å². The van der Waals surface area contributed by atoms with E-state index < -0.39 is 5.67 Å². The van der Waals surface area contributed by atoms with E-state index in [1.165, 1.54) is 0 Å². The first-order chi connectivity index (χ1) is 18.0. The maximum absolute atomic E-state index is 14.8. The number of carbonyl (C=O) groups is 1. The van der Waals surface area contributed by atoms with Gasteiger partial charge < -0.3 is 20.0 Å². The molecule has 0 bridgehead atoms. The normalized spacial score (nSPS) is 21.4. The molecule has 0 aromatic carbocycles. The largest absolute Gasteiger partial charge is 0.351 e. The Morgan fingerprint density at radius 3 is 2.74 bits per heavy atom. The van der Waals surface area contributed by atoms with E-state index in [2.05, 4.69) is 46.3 Å². The Bertz CT molecular complexity index is 1350. The summed E-state index contributed by atoms with van der Waals surface area (Å²) in [5.41, 5.74) is 1.23. The summed E-state index contributed by atoms with van der Waals surface area (Å²) in [6, 6.07) is 2.29. The second-order valence-corrected chi connectivity index (χ2v) is 12.4. The van der Waals surface area contributed by atoms with Gasteiger partial charge in [0.05, 0.1) is 35.0 Å². The second kappa shape index (κ2) is 8.93. The molecule has 1 saturated carbocycles. The number of piperidine rings is 1. The van der Waals surface area contributed by atoms with Gasteiger partial charge in [-0.1, -0.05) is 6.92 Å². The number of carbonyl (C=O) groups excluding carboxylic acids is 1. The first-order valence-corrected chi connectivity index (χ1v) is 13.6. The molecule has 1 atom stereocenters. The molecule has 3 aromatic heterocycles. The van der Waals surface area contributed by atoms with Crippen LogP contribution in [0.4, 0.5) is 20.7 Å². The average molecular weight is 524 g/mol. The second-order valence-electron chi connectivity index (χ2n) is 12.4. The Labute approximate surface area is 222 Å². The van der Waals surface area contributed by atoms with Crippen molar-refractivity contribution >= 4 is 28.4 Å². The maximum atomic E-state index is 14.8. The number of urea groups is 1. The number of hydrogen-bond acceptors (Lipinski definition) is 6. The Hall–Kier alpha value is -3.21. The van der Waals surface area contributed by atoms with Crippen molar-refractivity contribution in [2.75, 3.05) is 43.9 Å². The van der Waals surface area contributed by atoms with Crippen LogP contribution < -0.4 is 10.2 Å². The van der Waals surface area contributed by atoms with E-state index in [0.29, 0.717) is 29.0 Å². The van der Waals surface area contributed by atoms with E-state index >= 15 is 0 Å². The van der Waals surface area contributed by atoms with E-state index in [1.807, 2.05) is 11.0 Å². The third-order valence-electron chi connectivity index (χ3n) is 8.39. The summed E-state index contributed by atoms with van der Waals surface area (Å²) in [6.07, 6.45) is 7.67. The minimum atomic E-state index is -1.43. The number of nitrogens with one attached hydrogen (secondary N) is 2. The highest BCUT2D eigenvalue weighted by Crippen LogP contribution is 2.50. The Morgan fingerprint density at radius 2 is 2.05 bits per heavy atom. The third-order valence-corrected chi connectivity index (χ3v) is 8.39. The van der Waals surface area contributed by atoms with Crippen molar-refractivity contribution in [3.63, 3.8) is 0 Å². The minimum Gasteiger partial charge on any atom is -0.351 e. The Kier molecular flexibility index (Phi) is 5.89. The van der Waals surface area contributed by atoms with Crippen molar-refractivity contribution in [3.05, 3.63) is 18.5 Å². The Morgan fingerprint density at radius 1 is 1.29 bits per heavy atom. The number of likely N-dealkylation sites (tertiary alicyclic amines) is 1. The smallest absolute Gasteiger partial charge is 0.322 e. The van der Waals surface area contributed by atoms with E-state index in [-0.39, 0.29) is 18.1 Å². The fourth-order valence-electron chi connectivity index (χ4n) is 6.00. The maximum Gasteiger partial charge on any atom is 0.322 e. The van der Waals surface area contributed by atoms with Gasteiger partial charge in [0.25, 0.3) is 0 Å². The number of amides is 2. The zero-order valence-electron chi connectivity index (χ0n) is 23.0. The predicted molar refractivity (Wildman–Crippen MR) is 146 cm³/mol. The number of fused-ring (bicyclic) bond motifs is 1. The van der Waals surface area contributed by atoms with Crippen molar-refractivity contribution in [1.29, 1.82) is 0 Å². The summed E-state index contributed by atoms with van der Waals surface area (Å²) in [6.45, 7) is 8.03. The summed E-state index contributed by atoms with van der Waals surface area (Å²) in [5, 5.41) is 16.0. The van der Waals surface area contributed by atoms with Gasteiger partial charge in [-0.25, -0.2) is 9.18 Å². The molecule has 38 heavy (non-hydrogen) atoms. The van der Waals surface area contributed by atoms with Crippen LogP contribution >= 0.6 is 0 Å². The van der Waals surface area contributed by atoms with Gasteiger partial charge >= 0.3 is 6.03 Å². The van der Waals surface area contributed by atoms with Crippen LogP contribution in [0.2, 0.25) is 0 Å². The summed E-state index contributed by atoms with van der Waals surface area (Å²) in [7, 11) is 4.16. The van der Waals surface area contributed by atoms with E-state index in [9.17, 15) is 9.18 Å². The number of rotatable bonds is 6. The van der Waals surface area contributed by atoms with Crippen LogP contribution in [-0.4, -0.2) is 91.8 Å². The van der Waals surface area contributed by atoms with Gasteiger partial charge in [0.1, 0.15) is 11.4 Å². The lowest BCUT2D eigenvalue weighted by molar-refractivity contribution is 0.128. The first-order valence-electron chi connectivity index (χ1n) is 13.6. The molecule has 1 spiro atoms. The van der Waals surface area contributed by atoms with Crippen molar-refractivity contribution in [2.24, 2.45) is 5.92 Å². The van der Waals surface area contributed by atoms with Gasteiger partial charge in [-0.2, -0.15) is 10.2 Å². The van der Waals surface area contributed by atoms with Crippen LogP contribution in [0.5, 0.6) is 0 Å². The third kappa shape index (κ3) is 4.50. The predicted octanol–water partition coefficient (Wildman–Crippen LogP) is 4.12. The summed E-state index contributed by atoms with van der Waals surface area (Å²) in [5.74, 6) is 1.48. The summed E-state index contributed by atoms with van der Waals surface area (Å²) in [4.78, 5) is 24.5. The molecular formula is C27H38FN9O. The fourth-order valence-corrected chi connectivity index (χ4v) is 6.00. The molecule has 1 aliphatic carbocycles. The molecule has 2 N–H and O–H groups in total. The summed E-state index contributed by atoms with van der Waals surface area (Å²) < 4.78 is 16.5. The first kappa shape index (κ1) is 25.1. The molecule has 6 rings (SSSR count). The molecule has 0 radical (unpaired) electrons. The lowest BCUT2D eigenvalue weighted by Crippen LogP contribution is -2.57. The number of likely N-dealkylation sites (N-methyl/N-ethyl adjacent to an activating group) is 1. The molecule has 2 amide bonds. The van der Waals surface area contributed by atoms with Crippen molar-refractivity contribution in [3.8, 4) is 11.4 Å². The minimum absolute atomic E-state index is 0.0212. The van der Waals surface area contributed by atoms with Gasteiger partial charge in [0.15, 0.2) is 5.82 Å². The van der Waals surface area contributed by atoms with Crippen LogP contribution in [0.25, 0.3) is 22.3 Å². The van der Waals surface area contributed by atoms with Gasteiger partial charge in [-0.15, -0.1) is 0 Å². The number of halogens is 1. The molecule has 3 fully saturated rings. The molecule has 11 heteroatoms. The van der Waals surface area contributed by atoms with Crippen LogP contribution in [0.1, 0.15) is 46.5 Å². The number of alkyl halides is 1. The number of hydrogen-bond donors (Lipinski definition) is 2. The summed E-state index contributed by atoms with van der Waals surface area (Å²) >= 11 is 0. The number of aromatic nitrogens is 5. The molecule has 3 aliphatic rings. The molecule has 2 aliphatic heterocycles. The van der Waals surface area contributed by atoms with Crippen molar-refractivity contribution in [2.45, 2.75) is 70.2 Å². The van der Waals surface area contributed by atoms with E-state index in [1.54, 1.807) is 30.9 Å². The highest BCUT2D eigenvalue weighted by atomic mass is 19.1. The van der Waals surface area contributed by atoms with Crippen molar-refractivity contribution < 1.29 is 9.18 Å². The standard InChI is InChI=1S/C27H38FN9O/c1-17-6-9-36(27(11-17)7-8-27)25(38)31-21-13-30-32-23(21)20-10-22-19(12-29-20)24(33-37(22)16-26(2,3)28)35-14-18(15-35)34(4)5/h10,12-13,17-18H,6-9,11,14-16H2,1-5H3,(H,30,32)(H,31,38)/t17-/m1/s1. The zero-order chi connectivity index (χ0) is 26.8. The number of nitrogens with zero attached hydrogens (tertiary/aromatic N) is 7. The number of H-pyrrole nitrogens is 1. The van der Waals surface area contributed by atoms with Gasteiger partial charge in [0, 0.05) is 37.4 Å². The monoisotopic (exact) mass is 523 g/mol. The lowest BCUT2D eigenvalue weighted by atomic mass is 9.91. The highest BCUT2D eigenvalue weighted by molar-refractivity contribution is 5.96. The van der Waals surface area contributed by atoms with Gasteiger partial charge in [-0.05, 0) is 65.6 Å². The Balaban J connectivity index is 1.29. The molecule has 5 heterocycles. The topological polar surface area (TPSA) is 98.2 Å². The van der Waals surface area contributed by atoms with Crippen molar-refractivity contribution in [1.82, 2.24) is 34.8 Å². The number of aromatic amines is 1.